The topological polar surface area (TPSA) is 104 Å². The van der Waals surface area contributed by atoms with E-state index in [1.165, 1.54) is 24.3 Å². The van der Waals surface area contributed by atoms with Crippen LogP contribution in [0.1, 0.15) is 58.7 Å². The zero-order valence-corrected chi connectivity index (χ0v) is 26.9. The molecular weight excluding hydrogens is 717 g/mol. The first-order chi connectivity index (χ1) is 23.9. The lowest BCUT2D eigenvalue weighted by molar-refractivity contribution is -0.141. The van der Waals surface area contributed by atoms with Gasteiger partial charge in [-0.1, -0.05) is 23.7 Å². The molecule has 268 valence electrons. The lowest BCUT2D eigenvalue weighted by Crippen LogP contribution is -2.35. The molecule has 8 nitrogen and oxygen atoms in total. The van der Waals surface area contributed by atoms with Crippen molar-refractivity contribution in [3.8, 4) is 11.1 Å². The minimum atomic E-state index is -4.73. The molecule has 0 unspecified atom stereocenters. The number of nitrogens with one attached hydrogen (secondary N) is 1. The summed E-state index contributed by atoms with van der Waals surface area (Å²) in [6.45, 7) is -0.907. The average Bonchev–Trinajstić information content (AvgIpc) is 3.56. The number of nitrogens with two attached hydrogens (primary N) is 1. The zero-order chi connectivity index (χ0) is 36.7. The number of nitrogen functional groups attached to an aromatic ring is 1. The molecule has 2 aromatic carbocycles. The Morgan fingerprint density at radius 1 is 1.04 bits per heavy atom. The molecule has 0 radical (unpaired) electrons. The predicted molar refractivity (Wildman–Crippen MR) is 166 cm³/mol. The number of carbonyl (C=O) groups is 1. The molecular formula is C33H25ClF9N7O. The first-order valence-electron chi connectivity index (χ1n) is 15.4. The van der Waals surface area contributed by atoms with E-state index in [-0.39, 0.29) is 62.5 Å². The van der Waals surface area contributed by atoms with E-state index in [0.29, 0.717) is 21.1 Å². The van der Waals surface area contributed by atoms with E-state index in [0.717, 1.165) is 12.1 Å². The molecule has 7 rings (SSSR count). The van der Waals surface area contributed by atoms with Gasteiger partial charge >= 0.3 is 6.18 Å². The number of hydrogen-bond donors (Lipinski definition) is 2. The zero-order valence-electron chi connectivity index (χ0n) is 26.2. The van der Waals surface area contributed by atoms with Crippen LogP contribution in [0.2, 0.25) is 5.02 Å². The Morgan fingerprint density at radius 3 is 2.39 bits per heavy atom. The van der Waals surface area contributed by atoms with Gasteiger partial charge in [-0.2, -0.15) is 32.1 Å². The number of alkyl halides is 7. The fourth-order valence-electron chi connectivity index (χ4n) is 7.01. The average molecular weight is 742 g/mol. The molecule has 3 atom stereocenters. The minimum Gasteiger partial charge on any atom is -0.382 e. The van der Waals surface area contributed by atoms with Crippen LogP contribution in [-0.2, 0) is 30.2 Å². The second-order valence-corrected chi connectivity index (χ2v) is 13.0. The van der Waals surface area contributed by atoms with Gasteiger partial charge in [0, 0.05) is 34.4 Å². The van der Waals surface area contributed by atoms with Crippen molar-refractivity contribution in [3.63, 3.8) is 0 Å². The second-order valence-electron chi connectivity index (χ2n) is 12.6. The van der Waals surface area contributed by atoms with Crippen LogP contribution in [0.4, 0.5) is 45.3 Å². The second kappa shape index (κ2) is 12.2. The van der Waals surface area contributed by atoms with Gasteiger partial charge in [0.05, 0.1) is 27.7 Å². The van der Waals surface area contributed by atoms with Gasteiger partial charge in [0.15, 0.2) is 5.82 Å². The number of hydrogen-bond acceptors (Lipinski definition) is 5. The van der Waals surface area contributed by atoms with Crippen molar-refractivity contribution in [2.75, 3.05) is 5.73 Å². The summed E-state index contributed by atoms with van der Waals surface area (Å²) in [6, 6.07) is 7.06. The fraction of sp³-hybridized carbons (Fsp3) is 0.333. The van der Waals surface area contributed by atoms with Crippen LogP contribution in [0.5, 0.6) is 0 Å². The Morgan fingerprint density at radius 2 is 1.73 bits per heavy atom. The standard InChI is InChI=1S/C33H25ClF9N7O/c1-13-2-3-17(18-4-5-21(34)25-28(18)50(48-31(25)44)12-32(39,40)41)26(45-13)22(8-14-6-15(35)9-16(36)7-14)46-23(51)11-49-29-24(27(47-49)30(37)38)19-10-20(19)33(29,42)43/h2-7,9,19-20,22,30H,8,10-12H2,1H3,(H2,44,48)(H,46,51)/t19-,20+,22-/m0/s1. The van der Waals surface area contributed by atoms with E-state index in [9.17, 15) is 35.5 Å². The van der Waals surface area contributed by atoms with Crippen molar-refractivity contribution in [1.82, 2.24) is 29.9 Å². The third kappa shape index (κ3) is 6.25. The van der Waals surface area contributed by atoms with E-state index in [2.05, 4.69) is 20.5 Å². The lowest BCUT2D eigenvalue weighted by Gasteiger charge is -2.23. The van der Waals surface area contributed by atoms with E-state index in [4.69, 9.17) is 17.3 Å². The summed E-state index contributed by atoms with van der Waals surface area (Å²) in [5, 5.41) is 10.1. The summed E-state index contributed by atoms with van der Waals surface area (Å²) in [5.41, 5.74) is 4.60. The van der Waals surface area contributed by atoms with Gasteiger partial charge < -0.3 is 11.1 Å². The van der Waals surface area contributed by atoms with Crippen molar-refractivity contribution < 1.29 is 44.3 Å². The first kappa shape index (κ1) is 34.6. The third-order valence-electron chi connectivity index (χ3n) is 9.04. The van der Waals surface area contributed by atoms with E-state index in [1.54, 1.807) is 6.92 Å². The Balaban J connectivity index is 1.34. The summed E-state index contributed by atoms with van der Waals surface area (Å²) in [5.74, 6) is -8.69. The number of amides is 1. The lowest BCUT2D eigenvalue weighted by atomic mass is 9.93. The molecule has 1 saturated carbocycles. The summed E-state index contributed by atoms with van der Waals surface area (Å²) < 4.78 is 129. The molecule has 2 aliphatic carbocycles. The molecule has 0 bridgehead atoms. The molecule has 1 amide bonds. The quantitative estimate of drug-likeness (QED) is 0.150. The predicted octanol–water partition coefficient (Wildman–Crippen LogP) is 7.93. The van der Waals surface area contributed by atoms with Gasteiger partial charge in [0.2, 0.25) is 5.91 Å². The number of carbonyl (C=O) groups excluding carboxylic acids is 1. The number of benzene rings is 2. The molecule has 5 aromatic rings. The van der Waals surface area contributed by atoms with Gasteiger partial charge in [0.1, 0.15) is 36.1 Å². The van der Waals surface area contributed by atoms with E-state index >= 15 is 8.78 Å². The molecule has 51 heavy (non-hydrogen) atoms. The van der Waals surface area contributed by atoms with E-state index < -0.39 is 78.4 Å². The monoisotopic (exact) mass is 741 g/mol. The molecule has 3 aromatic heterocycles. The summed E-state index contributed by atoms with van der Waals surface area (Å²) in [6.07, 6.45) is -8.25. The van der Waals surface area contributed by atoms with Crippen LogP contribution in [0.15, 0.2) is 42.5 Å². The van der Waals surface area contributed by atoms with Crippen LogP contribution in [0.3, 0.4) is 0 Å². The van der Waals surface area contributed by atoms with E-state index in [1.807, 2.05) is 0 Å². The van der Waals surface area contributed by atoms with Gasteiger partial charge in [-0.3, -0.25) is 19.1 Å². The number of aromatic nitrogens is 5. The molecule has 0 saturated heterocycles. The van der Waals surface area contributed by atoms with Gasteiger partial charge in [-0.15, -0.1) is 0 Å². The Bertz CT molecular complexity index is 2190. The Kier molecular flexibility index (Phi) is 8.26. The molecule has 18 heteroatoms. The van der Waals surface area contributed by atoms with Crippen LogP contribution < -0.4 is 11.1 Å². The maximum Gasteiger partial charge on any atom is 0.408 e. The highest BCUT2D eigenvalue weighted by Crippen LogP contribution is 2.68. The fourth-order valence-corrected chi connectivity index (χ4v) is 7.26. The number of aryl methyl sites for hydroxylation is 1. The highest BCUT2D eigenvalue weighted by molar-refractivity contribution is 6.37. The van der Waals surface area contributed by atoms with Crippen molar-refractivity contribution >= 4 is 34.2 Å². The van der Waals surface area contributed by atoms with Crippen LogP contribution in [0.25, 0.3) is 22.0 Å². The number of anilines is 1. The maximum absolute atomic E-state index is 15.2. The third-order valence-corrected chi connectivity index (χ3v) is 9.36. The van der Waals surface area contributed by atoms with Gasteiger partial charge in [-0.05, 0) is 55.5 Å². The number of halogens is 10. The molecule has 3 heterocycles. The van der Waals surface area contributed by atoms with Gasteiger partial charge in [0.25, 0.3) is 12.3 Å². The highest BCUT2D eigenvalue weighted by atomic mass is 35.5. The minimum absolute atomic E-state index is 0.000472. The Labute approximate surface area is 287 Å². The SMILES string of the molecule is Cc1ccc(-c2ccc(Cl)c3c(N)nn(CC(F)(F)F)c23)c([C@H](Cc2cc(F)cc(F)c2)NC(=O)Cn2nc(C(F)F)c3c2C(F)(F)[C@@H]2C[C@H]32)n1. The molecule has 3 N–H and O–H groups in total. The van der Waals surface area contributed by atoms with Crippen LogP contribution >= 0.6 is 11.6 Å². The molecule has 1 fully saturated rings. The van der Waals surface area contributed by atoms with Gasteiger partial charge in [-0.25, -0.2) is 17.6 Å². The molecule has 0 spiro atoms. The summed E-state index contributed by atoms with van der Waals surface area (Å²) in [7, 11) is 0. The number of fused-ring (bicyclic) bond motifs is 4. The number of nitrogens with zero attached hydrogens (tertiary/aromatic N) is 5. The highest BCUT2D eigenvalue weighted by Gasteiger charge is 2.67. The summed E-state index contributed by atoms with van der Waals surface area (Å²) in [4.78, 5) is 18.2. The number of pyridine rings is 1. The number of rotatable bonds is 9. The Hall–Kier alpha value is -4.80. The van der Waals surface area contributed by atoms with Crippen molar-refractivity contribution in [2.45, 2.75) is 63.3 Å². The van der Waals surface area contributed by atoms with Crippen molar-refractivity contribution in [3.05, 3.63) is 93.0 Å². The first-order valence-corrected chi connectivity index (χ1v) is 15.8. The normalized spacial score (nSPS) is 18.3. The smallest absolute Gasteiger partial charge is 0.382 e. The van der Waals surface area contributed by atoms with Crippen LogP contribution in [0, 0.1) is 24.5 Å². The largest absolute Gasteiger partial charge is 0.408 e. The van der Waals surface area contributed by atoms with Crippen molar-refractivity contribution in [1.29, 1.82) is 0 Å². The molecule has 2 aliphatic rings. The summed E-state index contributed by atoms with van der Waals surface area (Å²) >= 11 is 6.34. The van der Waals surface area contributed by atoms with Crippen LogP contribution in [-0.4, -0.2) is 36.6 Å². The molecule has 0 aliphatic heterocycles. The van der Waals surface area contributed by atoms with Crippen molar-refractivity contribution in [2.24, 2.45) is 5.92 Å². The maximum atomic E-state index is 15.2.